The molecule has 0 aromatic carbocycles. The Morgan fingerprint density at radius 2 is 1.00 bits per heavy atom. The maximum Gasteiger partial charge on any atom is 1.00 e. The smallest absolute Gasteiger partial charge is 0.726 e. The first kappa shape index (κ1) is 63.9. The van der Waals surface area contributed by atoms with Crippen LogP contribution in [0.2, 0.25) is 0 Å². The Bertz CT molecular complexity index is 1560. The Kier molecular flexibility index (Phi) is 28.4. The van der Waals surface area contributed by atoms with Gasteiger partial charge in [0.2, 0.25) is 16.3 Å². The van der Waals surface area contributed by atoms with E-state index in [2.05, 4.69) is 5.32 Å². The molecule has 30 nitrogen and oxygen atoms in total. The van der Waals surface area contributed by atoms with Crippen molar-refractivity contribution in [2.24, 2.45) is 0 Å². The third-order valence-corrected chi connectivity index (χ3v) is 10.2. The van der Waals surface area contributed by atoms with Crippen LogP contribution >= 0.6 is 0 Å². The second kappa shape index (κ2) is 29.4. The molecule has 5 rings (SSSR count). The van der Waals surface area contributed by atoms with Crippen LogP contribution < -0.4 is 64.4 Å². The maximum atomic E-state index is 12.4. The van der Waals surface area contributed by atoms with E-state index in [9.17, 15) is 71.2 Å². The van der Waals surface area contributed by atoms with Crippen molar-refractivity contribution >= 4 is 22.5 Å². The molecule has 5 aliphatic rings. The van der Waals surface area contributed by atoms with Crippen LogP contribution in [0.5, 0.6) is 0 Å². The summed E-state index contributed by atoms with van der Waals surface area (Å²) in [7, 11) is -4.92. The van der Waals surface area contributed by atoms with Gasteiger partial charge in [0.25, 0.3) is 0 Å². The van der Waals surface area contributed by atoms with Crippen molar-refractivity contribution in [3.8, 4) is 0 Å². The van der Waals surface area contributed by atoms with E-state index >= 15 is 0 Å². The van der Waals surface area contributed by atoms with Crippen LogP contribution in [0.4, 0.5) is 0 Å². The van der Waals surface area contributed by atoms with Gasteiger partial charge in [0, 0.05) is 6.92 Å². The van der Waals surface area contributed by atoms with Crippen molar-refractivity contribution in [1.29, 1.82) is 0 Å². The summed E-state index contributed by atoms with van der Waals surface area (Å²) in [5.41, 5.74) is 0. The fourth-order valence-corrected chi connectivity index (χ4v) is 7.14. The number of rotatable bonds is 13. The number of carbonyl (C=O) groups is 1. The molecule has 0 aliphatic carbocycles. The van der Waals surface area contributed by atoms with E-state index in [1.54, 1.807) is 0 Å². The molecule has 1 amide bonds. The molecule has 0 radical (unpaired) electrons. The molecule has 66 heavy (non-hydrogen) atoms. The first-order chi connectivity index (χ1) is 30.0. The minimum Gasteiger partial charge on any atom is -0.726 e. The minimum atomic E-state index is -4.92. The van der Waals surface area contributed by atoms with Gasteiger partial charge >= 0.3 is 65.3 Å². The van der Waals surface area contributed by atoms with Gasteiger partial charge in [0.05, 0.1) is 32.5 Å². The van der Waals surface area contributed by atoms with E-state index in [1.807, 2.05) is 0 Å². The second-order valence-electron chi connectivity index (χ2n) is 14.6. The normalized spacial score (nSPS) is 43.7. The Labute approximate surface area is 419 Å². The van der Waals surface area contributed by atoms with Gasteiger partial charge in [-0.2, -0.15) is 15.7 Å². The Morgan fingerprint density at radius 3 is 1.41 bits per heavy atom. The molecule has 23 atom stereocenters. The molecule has 0 aromatic heterocycles. The summed E-state index contributed by atoms with van der Waals surface area (Å²) in [6.07, 6.45) is -34.6. The topological polar surface area (TPSA) is 487 Å². The summed E-state index contributed by atoms with van der Waals surface area (Å²) in [6.45, 7) is 0.0657. The summed E-state index contributed by atoms with van der Waals surface area (Å²) in [4.78, 5) is 28.6. The predicted octanol–water partition coefficient (Wildman–Crippen LogP) is -16.6. The number of hydrogen-bond donors (Lipinski definition) is 15. The molecule has 374 valence electrons. The second-order valence-corrected chi connectivity index (χ2v) is 15.5. The van der Waals surface area contributed by atoms with Crippen LogP contribution in [0, 0.1) is 13.0 Å². The van der Waals surface area contributed by atoms with Gasteiger partial charge in [-0.25, -0.2) is 15.0 Å². The molecular formula is C33H54NNa2O29S-. The molecule has 5 saturated heterocycles. The Morgan fingerprint density at radius 1 is 0.621 bits per heavy atom. The number of amides is 1. The fourth-order valence-electron chi connectivity index (χ4n) is 7.14. The standard InChI is InChI=1S/C32H53NO23.CO2.2Na.H2O4S/c1-9-18(41)22(45)26(15(6-36)49-9)54-32-24(47)28(20(43)14(5-35)51-32)56-30-17(33-10(2)38)21(44)25(16(7-37)52-30)53-31-23(46)27(19(42)13(4-34)50-31)55-29-12(40)3-11(39)8-48-29;2-1-3;;;1-5(2,3)4/h3,8-9,11-32,34-37,39-47H,4-7H2,1-2H3,(H,33,38);;;;(H2,1,2,3,4)/q-2;;2*+1;/p-1/t9?,11-,12?,13?,14?,15?,16?,17?,18?,19-,20-,21+,22+,23?,24?,25+,26+,27-,28-,29-,30-,31-,32-;;;;/m0..../s1. The Hall–Kier alpha value is -0.160. The molecule has 0 aromatic rings. The number of aliphatic hydroxyl groups is 13. The van der Waals surface area contributed by atoms with Crippen molar-refractivity contribution in [1.82, 2.24) is 5.32 Å². The van der Waals surface area contributed by atoms with Gasteiger partial charge in [0.1, 0.15) is 104 Å². The van der Waals surface area contributed by atoms with E-state index in [0.717, 1.165) is 20.0 Å². The van der Waals surface area contributed by atoms with Crippen LogP contribution in [-0.2, 0) is 67.4 Å². The first-order valence-electron chi connectivity index (χ1n) is 19.0. The average Bonchev–Trinajstić information content (AvgIpc) is 3.22. The van der Waals surface area contributed by atoms with Crippen LogP contribution in [0.25, 0.3) is 0 Å². The molecule has 0 spiro atoms. The number of ether oxygens (including phenoxy) is 9. The van der Waals surface area contributed by atoms with Crippen molar-refractivity contribution < 1.29 is 200 Å². The molecule has 10 unspecified atom stereocenters. The van der Waals surface area contributed by atoms with Crippen LogP contribution in [0.15, 0.2) is 0 Å². The van der Waals surface area contributed by atoms with Crippen molar-refractivity contribution in [2.45, 2.75) is 155 Å². The van der Waals surface area contributed by atoms with Gasteiger partial charge in [-0.05, 0) is 13.0 Å². The molecular weight excluding hydrogens is 952 g/mol. The number of aliphatic hydroxyl groups excluding tert-OH is 13. The van der Waals surface area contributed by atoms with Crippen LogP contribution in [-0.4, -0.2) is 263 Å². The van der Waals surface area contributed by atoms with Gasteiger partial charge in [-0.1, -0.05) is 0 Å². The zero-order valence-corrected chi connectivity index (χ0v) is 40.4. The van der Waals surface area contributed by atoms with Gasteiger partial charge in [0.15, 0.2) is 18.9 Å². The van der Waals surface area contributed by atoms with E-state index in [1.165, 1.54) is 6.92 Å². The summed E-state index contributed by atoms with van der Waals surface area (Å²) in [5, 5.41) is 140. The summed E-state index contributed by atoms with van der Waals surface area (Å²) < 4.78 is 83.5. The zero-order chi connectivity index (χ0) is 48.4. The monoisotopic (exact) mass is 1010 g/mol. The average molecular weight is 1010 g/mol. The summed E-state index contributed by atoms with van der Waals surface area (Å²) in [6, 6.07) is -1.64. The predicted molar refractivity (Wildman–Crippen MR) is 191 cm³/mol. The van der Waals surface area contributed by atoms with E-state index in [-0.39, 0.29) is 65.3 Å². The van der Waals surface area contributed by atoms with E-state index in [4.69, 9.17) is 69.7 Å². The summed E-state index contributed by atoms with van der Waals surface area (Å²) in [5.74, 6) is -0.764. The molecule has 5 aliphatic heterocycles. The van der Waals surface area contributed by atoms with Crippen molar-refractivity contribution in [3.05, 3.63) is 13.0 Å². The maximum absolute atomic E-state index is 12.4. The molecule has 33 heteroatoms. The van der Waals surface area contributed by atoms with Crippen LogP contribution in [0.1, 0.15) is 13.8 Å². The third-order valence-electron chi connectivity index (χ3n) is 10.2. The number of hydrogen-bond acceptors (Lipinski definition) is 28. The SMILES string of the molecule is CC(=O)NC1[C@H](O[C@@H]2C(O)[C@H](O[C@@H]3C(CO)OC(C)C(O)[C@H]3O)OC(CO)[C@@H]2O)OC(CO)[C@@H](O[C@@H]2OC(CO)[C@H](O)[C@H](O[C@@H]3O[CH-][C@@H](O)[CH-]C3O)C2O)[C@@H]1O.O=C=O.O=S(=O)([O-])O.[Na+].[Na+]. The quantitative estimate of drug-likeness (QED) is 0.0352. The molecule has 0 bridgehead atoms. The molecule has 0 saturated carbocycles. The molecule has 5 heterocycles. The van der Waals surface area contributed by atoms with E-state index < -0.39 is 184 Å². The zero-order valence-electron chi connectivity index (χ0n) is 35.6. The van der Waals surface area contributed by atoms with E-state index in [0.29, 0.717) is 0 Å². The largest absolute Gasteiger partial charge is 1.00 e. The van der Waals surface area contributed by atoms with Gasteiger partial charge in [-0.15, -0.1) is 0 Å². The third kappa shape index (κ3) is 17.3. The van der Waals surface area contributed by atoms with Crippen LogP contribution in [0.3, 0.4) is 0 Å². The molecule has 5 fully saturated rings. The summed E-state index contributed by atoms with van der Waals surface area (Å²) >= 11 is 0. The Balaban J connectivity index is 0.00000201. The van der Waals surface area contributed by atoms with Gasteiger partial charge in [-0.3, -0.25) is 15.8 Å². The first-order valence-corrected chi connectivity index (χ1v) is 20.4. The fraction of sp³-hybridized carbons (Fsp3) is 0.879. The van der Waals surface area contributed by atoms with Crippen molar-refractivity contribution in [2.75, 3.05) is 26.4 Å². The molecule has 15 N–H and O–H groups in total. The number of nitrogens with one attached hydrogen (secondary N) is 1. The minimum absolute atomic E-state index is 0. The number of carbonyl (C=O) groups excluding carboxylic acids is 3. The van der Waals surface area contributed by atoms with Gasteiger partial charge < -0.3 is 119 Å². The van der Waals surface area contributed by atoms with Crippen molar-refractivity contribution in [3.63, 3.8) is 0 Å².